The fourth-order valence-corrected chi connectivity index (χ4v) is 1.83. The van der Waals surface area contributed by atoms with Crippen LogP contribution in [0, 0.1) is 0 Å². The van der Waals surface area contributed by atoms with Gasteiger partial charge in [0, 0.05) is 5.69 Å². The predicted octanol–water partition coefficient (Wildman–Crippen LogP) is 1.81. The van der Waals surface area contributed by atoms with E-state index in [0.717, 1.165) is 0 Å². The Bertz CT molecular complexity index is 607. The standard InChI is InChI=1S/C14H14N2O4/c15-10-5-2-1-4-9(10)14(19)16-11(8-13(17)18)12-6-3-7-20-12/h1-7,11H,8,15H2,(H,16,19)(H,17,18). The number of hydrogen-bond acceptors (Lipinski definition) is 4. The number of nitrogens with one attached hydrogen (secondary N) is 1. The minimum Gasteiger partial charge on any atom is -0.481 e. The number of nitrogen functional groups attached to an aromatic ring is 1. The Kier molecular flexibility index (Phi) is 4.05. The zero-order chi connectivity index (χ0) is 14.5. The number of rotatable bonds is 5. The van der Waals surface area contributed by atoms with Crippen molar-refractivity contribution in [3.8, 4) is 0 Å². The number of carboxylic acids is 1. The van der Waals surface area contributed by atoms with Crippen molar-refractivity contribution < 1.29 is 19.1 Å². The molecule has 0 aliphatic heterocycles. The second kappa shape index (κ2) is 5.92. The molecule has 1 amide bonds. The maximum Gasteiger partial charge on any atom is 0.305 e. The third-order valence-electron chi connectivity index (χ3n) is 2.78. The molecule has 0 saturated heterocycles. The van der Waals surface area contributed by atoms with Crippen LogP contribution in [-0.4, -0.2) is 17.0 Å². The SMILES string of the molecule is Nc1ccccc1C(=O)NC(CC(=O)O)c1ccco1. The van der Waals surface area contributed by atoms with Crippen LogP contribution in [0.25, 0.3) is 0 Å². The molecule has 6 nitrogen and oxygen atoms in total. The summed E-state index contributed by atoms with van der Waals surface area (Å²) in [4.78, 5) is 23.0. The predicted molar refractivity (Wildman–Crippen MR) is 72.0 cm³/mol. The number of carbonyl (C=O) groups excluding carboxylic acids is 1. The number of carbonyl (C=O) groups is 2. The van der Waals surface area contributed by atoms with E-state index in [4.69, 9.17) is 15.3 Å². The van der Waals surface area contributed by atoms with Crippen LogP contribution in [0.2, 0.25) is 0 Å². The molecule has 0 aliphatic rings. The van der Waals surface area contributed by atoms with Gasteiger partial charge < -0.3 is 20.6 Å². The van der Waals surface area contributed by atoms with Gasteiger partial charge in [0.1, 0.15) is 5.76 Å². The van der Waals surface area contributed by atoms with Gasteiger partial charge in [-0.1, -0.05) is 12.1 Å². The minimum atomic E-state index is -1.03. The van der Waals surface area contributed by atoms with Gasteiger partial charge in [0.05, 0.1) is 24.3 Å². The first-order valence-corrected chi connectivity index (χ1v) is 5.98. The van der Waals surface area contributed by atoms with Crippen LogP contribution >= 0.6 is 0 Å². The molecule has 1 aromatic carbocycles. The summed E-state index contributed by atoms with van der Waals surface area (Å²) in [5.41, 5.74) is 6.35. The lowest BCUT2D eigenvalue weighted by Crippen LogP contribution is -2.30. The van der Waals surface area contributed by atoms with Crippen molar-refractivity contribution >= 4 is 17.6 Å². The van der Waals surface area contributed by atoms with Crippen LogP contribution in [0.15, 0.2) is 47.1 Å². The normalized spacial score (nSPS) is 11.8. The average molecular weight is 274 g/mol. The van der Waals surface area contributed by atoms with Gasteiger partial charge >= 0.3 is 5.97 Å². The molecule has 1 aromatic heterocycles. The minimum absolute atomic E-state index is 0.272. The number of benzene rings is 1. The van der Waals surface area contributed by atoms with Crippen LogP contribution in [0.1, 0.15) is 28.6 Å². The van der Waals surface area contributed by atoms with Crippen molar-refractivity contribution in [2.75, 3.05) is 5.73 Å². The summed E-state index contributed by atoms with van der Waals surface area (Å²) in [7, 11) is 0. The highest BCUT2D eigenvalue weighted by Gasteiger charge is 2.21. The Balaban J connectivity index is 2.18. The third kappa shape index (κ3) is 3.17. The van der Waals surface area contributed by atoms with Gasteiger partial charge in [0.15, 0.2) is 0 Å². The van der Waals surface area contributed by atoms with Crippen LogP contribution in [0.3, 0.4) is 0 Å². The van der Waals surface area contributed by atoms with E-state index < -0.39 is 17.9 Å². The van der Waals surface area contributed by atoms with Crippen LogP contribution in [-0.2, 0) is 4.79 Å². The van der Waals surface area contributed by atoms with Crippen molar-refractivity contribution in [3.05, 3.63) is 54.0 Å². The highest BCUT2D eigenvalue weighted by atomic mass is 16.4. The highest BCUT2D eigenvalue weighted by Crippen LogP contribution is 2.19. The van der Waals surface area contributed by atoms with Gasteiger partial charge in [-0.25, -0.2) is 0 Å². The summed E-state index contributed by atoms with van der Waals surface area (Å²) in [5, 5.41) is 11.5. The zero-order valence-electron chi connectivity index (χ0n) is 10.6. The molecule has 4 N–H and O–H groups in total. The fourth-order valence-electron chi connectivity index (χ4n) is 1.83. The molecule has 6 heteroatoms. The summed E-state index contributed by atoms with van der Waals surface area (Å²) >= 11 is 0. The molecule has 1 heterocycles. The van der Waals surface area contributed by atoms with E-state index in [1.54, 1.807) is 36.4 Å². The van der Waals surface area contributed by atoms with Gasteiger partial charge in [-0.2, -0.15) is 0 Å². The number of amides is 1. The number of para-hydroxylation sites is 1. The average Bonchev–Trinajstić information content (AvgIpc) is 2.91. The molecular weight excluding hydrogens is 260 g/mol. The largest absolute Gasteiger partial charge is 0.481 e. The van der Waals surface area contributed by atoms with Gasteiger partial charge in [0.25, 0.3) is 5.91 Å². The van der Waals surface area contributed by atoms with Gasteiger partial charge in [-0.15, -0.1) is 0 Å². The van der Waals surface area contributed by atoms with Crippen molar-refractivity contribution in [3.63, 3.8) is 0 Å². The van der Waals surface area contributed by atoms with E-state index >= 15 is 0 Å². The smallest absolute Gasteiger partial charge is 0.305 e. The summed E-state index contributed by atoms with van der Waals surface area (Å²) < 4.78 is 5.15. The second-order valence-corrected chi connectivity index (χ2v) is 4.23. The summed E-state index contributed by atoms with van der Waals surface area (Å²) in [6, 6.07) is 9.08. The van der Waals surface area contributed by atoms with Crippen LogP contribution in [0.4, 0.5) is 5.69 Å². The highest BCUT2D eigenvalue weighted by molar-refractivity contribution is 5.99. The summed E-state index contributed by atoms with van der Waals surface area (Å²) in [5.74, 6) is -1.09. The van der Waals surface area contributed by atoms with E-state index in [1.165, 1.54) is 6.26 Å². The quantitative estimate of drug-likeness (QED) is 0.721. The van der Waals surface area contributed by atoms with Crippen molar-refractivity contribution in [2.24, 2.45) is 0 Å². The zero-order valence-corrected chi connectivity index (χ0v) is 10.6. The molecule has 20 heavy (non-hydrogen) atoms. The van der Waals surface area contributed by atoms with Gasteiger partial charge in [-0.3, -0.25) is 9.59 Å². The number of anilines is 1. The summed E-state index contributed by atoms with van der Waals surface area (Å²) in [6.07, 6.45) is 1.15. The van der Waals surface area contributed by atoms with E-state index in [-0.39, 0.29) is 6.42 Å². The fraction of sp³-hybridized carbons (Fsp3) is 0.143. The molecule has 0 aliphatic carbocycles. The topological polar surface area (TPSA) is 106 Å². The third-order valence-corrected chi connectivity index (χ3v) is 2.78. The summed E-state index contributed by atoms with van der Waals surface area (Å²) in [6.45, 7) is 0. The Morgan fingerprint density at radius 3 is 2.60 bits per heavy atom. The second-order valence-electron chi connectivity index (χ2n) is 4.23. The first-order valence-electron chi connectivity index (χ1n) is 5.98. The number of aliphatic carboxylic acids is 1. The Hall–Kier alpha value is -2.76. The molecule has 0 saturated carbocycles. The van der Waals surface area contributed by atoms with Crippen LogP contribution < -0.4 is 11.1 Å². The Morgan fingerprint density at radius 2 is 2.00 bits per heavy atom. The Morgan fingerprint density at radius 1 is 1.25 bits per heavy atom. The number of carboxylic acid groups (broad SMARTS) is 1. The molecular formula is C14H14N2O4. The van der Waals surface area contributed by atoms with Crippen LogP contribution in [0.5, 0.6) is 0 Å². The van der Waals surface area contributed by atoms with Gasteiger partial charge in [-0.05, 0) is 24.3 Å². The Labute approximate surface area is 115 Å². The lowest BCUT2D eigenvalue weighted by atomic mass is 10.1. The molecule has 0 radical (unpaired) electrons. The lowest BCUT2D eigenvalue weighted by Gasteiger charge is -2.15. The number of hydrogen-bond donors (Lipinski definition) is 3. The number of nitrogens with two attached hydrogens (primary N) is 1. The maximum atomic E-state index is 12.1. The van der Waals surface area contributed by atoms with E-state index in [1.807, 2.05) is 0 Å². The molecule has 1 unspecified atom stereocenters. The van der Waals surface area contributed by atoms with Crippen molar-refractivity contribution in [2.45, 2.75) is 12.5 Å². The molecule has 1 atom stereocenters. The van der Waals surface area contributed by atoms with E-state index in [0.29, 0.717) is 17.0 Å². The van der Waals surface area contributed by atoms with Crippen molar-refractivity contribution in [1.29, 1.82) is 0 Å². The van der Waals surface area contributed by atoms with Crippen molar-refractivity contribution in [1.82, 2.24) is 5.32 Å². The monoisotopic (exact) mass is 274 g/mol. The van der Waals surface area contributed by atoms with Gasteiger partial charge in [0.2, 0.25) is 0 Å². The molecule has 104 valence electrons. The first kappa shape index (κ1) is 13.7. The van der Waals surface area contributed by atoms with E-state index in [2.05, 4.69) is 5.32 Å². The molecule has 0 fully saturated rings. The van der Waals surface area contributed by atoms with E-state index in [9.17, 15) is 9.59 Å². The molecule has 0 bridgehead atoms. The molecule has 0 spiro atoms. The maximum absolute atomic E-state index is 12.1. The molecule has 2 aromatic rings. The molecule has 2 rings (SSSR count). The lowest BCUT2D eigenvalue weighted by molar-refractivity contribution is -0.137. The number of furan rings is 1. The first-order chi connectivity index (χ1) is 9.58.